The van der Waals surface area contributed by atoms with Gasteiger partial charge in [-0.3, -0.25) is 14.4 Å². The van der Waals surface area contributed by atoms with Crippen molar-refractivity contribution in [3.05, 3.63) is 71.8 Å². The van der Waals surface area contributed by atoms with Crippen LogP contribution in [0.5, 0.6) is 0 Å². The standard InChI is InChI=1S/C24H28N2O7/c1-3-33-18(27)14-15(2)19(24(31)32)25-23(30)21(28)20(16-10-6-4-7-11-16)26-22(29)17-12-8-5-9-13-17/h4-13,15,19-21,28H,3,14H2,1-2H3,(H,25,30)(H,26,29)(H,31,32)/t15-,19-,20-,21+/m0/s1. The highest BCUT2D eigenvalue weighted by Gasteiger charge is 2.34. The van der Waals surface area contributed by atoms with E-state index < -0.39 is 47.9 Å². The first-order valence-corrected chi connectivity index (χ1v) is 10.5. The number of ether oxygens (including phenoxy) is 1. The number of rotatable bonds is 11. The number of amides is 2. The van der Waals surface area contributed by atoms with Gasteiger partial charge in [-0.05, 0) is 30.5 Å². The van der Waals surface area contributed by atoms with E-state index in [9.17, 15) is 29.4 Å². The molecule has 4 N–H and O–H groups in total. The molecule has 0 saturated heterocycles. The first-order chi connectivity index (χ1) is 15.7. The Hall–Kier alpha value is -3.72. The number of hydrogen-bond donors (Lipinski definition) is 4. The van der Waals surface area contributed by atoms with E-state index in [2.05, 4.69) is 10.6 Å². The Balaban J connectivity index is 2.20. The predicted octanol–water partition coefficient (Wildman–Crippen LogP) is 1.68. The maximum absolute atomic E-state index is 12.8. The Labute approximate surface area is 191 Å². The zero-order valence-corrected chi connectivity index (χ0v) is 18.4. The van der Waals surface area contributed by atoms with E-state index in [0.717, 1.165) is 0 Å². The Kier molecular flexibility index (Phi) is 9.56. The van der Waals surface area contributed by atoms with Crippen molar-refractivity contribution in [2.24, 2.45) is 5.92 Å². The molecule has 176 valence electrons. The molecule has 2 rings (SSSR count). The minimum Gasteiger partial charge on any atom is -0.480 e. The third-order valence-electron chi connectivity index (χ3n) is 4.99. The first kappa shape index (κ1) is 25.5. The number of carboxylic acid groups (broad SMARTS) is 1. The van der Waals surface area contributed by atoms with Crippen LogP contribution in [0, 0.1) is 5.92 Å². The van der Waals surface area contributed by atoms with Gasteiger partial charge in [0.15, 0.2) is 6.10 Å². The molecule has 2 aromatic carbocycles. The molecule has 0 saturated carbocycles. The largest absolute Gasteiger partial charge is 0.480 e. The summed E-state index contributed by atoms with van der Waals surface area (Å²) in [6, 6.07) is 14.0. The normalized spacial score (nSPS) is 14.3. The van der Waals surface area contributed by atoms with Crippen LogP contribution in [0.3, 0.4) is 0 Å². The van der Waals surface area contributed by atoms with Gasteiger partial charge in [-0.15, -0.1) is 0 Å². The van der Waals surface area contributed by atoms with Gasteiger partial charge < -0.3 is 25.6 Å². The molecule has 33 heavy (non-hydrogen) atoms. The lowest BCUT2D eigenvalue weighted by molar-refractivity contribution is -0.148. The van der Waals surface area contributed by atoms with Gasteiger partial charge in [0.2, 0.25) is 0 Å². The number of benzene rings is 2. The maximum atomic E-state index is 12.8. The molecule has 2 aromatic rings. The van der Waals surface area contributed by atoms with Crippen LogP contribution < -0.4 is 10.6 Å². The molecule has 2 amide bonds. The van der Waals surface area contributed by atoms with Crippen LogP contribution in [0.25, 0.3) is 0 Å². The van der Waals surface area contributed by atoms with Crippen LogP contribution in [0.2, 0.25) is 0 Å². The molecular weight excluding hydrogens is 428 g/mol. The number of aliphatic hydroxyl groups is 1. The van der Waals surface area contributed by atoms with Gasteiger partial charge in [0.05, 0.1) is 19.1 Å². The number of carboxylic acids is 1. The summed E-state index contributed by atoms with van der Waals surface area (Å²) >= 11 is 0. The topological polar surface area (TPSA) is 142 Å². The van der Waals surface area contributed by atoms with Gasteiger partial charge in [-0.2, -0.15) is 0 Å². The highest BCUT2D eigenvalue weighted by atomic mass is 16.5. The number of carbonyl (C=O) groups is 4. The molecule has 0 aliphatic heterocycles. The number of hydrogen-bond acceptors (Lipinski definition) is 6. The summed E-state index contributed by atoms with van der Waals surface area (Å²) in [5.41, 5.74) is 0.786. The molecule has 0 aromatic heterocycles. The molecule has 0 aliphatic carbocycles. The fourth-order valence-electron chi connectivity index (χ4n) is 3.26. The summed E-state index contributed by atoms with van der Waals surface area (Å²) in [5, 5.41) is 25.3. The third-order valence-corrected chi connectivity index (χ3v) is 4.99. The average Bonchev–Trinajstić information content (AvgIpc) is 2.81. The maximum Gasteiger partial charge on any atom is 0.326 e. The van der Waals surface area contributed by atoms with Gasteiger partial charge >= 0.3 is 11.9 Å². The molecule has 0 spiro atoms. The Morgan fingerprint density at radius 3 is 2.06 bits per heavy atom. The van der Waals surface area contributed by atoms with Gasteiger partial charge in [-0.1, -0.05) is 55.5 Å². The van der Waals surface area contributed by atoms with Crippen LogP contribution in [-0.4, -0.2) is 52.7 Å². The van der Waals surface area contributed by atoms with Crippen molar-refractivity contribution in [3.63, 3.8) is 0 Å². The second kappa shape index (κ2) is 12.4. The van der Waals surface area contributed by atoms with Crippen molar-refractivity contribution in [3.8, 4) is 0 Å². The number of aliphatic carboxylic acids is 1. The fraction of sp³-hybridized carbons (Fsp3) is 0.333. The third kappa shape index (κ3) is 7.43. The molecule has 0 radical (unpaired) electrons. The highest BCUT2D eigenvalue weighted by Crippen LogP contribution is 2.19. The Bertz CT molecular complexity index is 950. The van der Waals surface area contributed by atoms with Crippen LogP contribution in [0.4, 0.5) is 0 Å². The smallest absolute Gasteiger partial charge is 0.326 e. The van der Waals surface area contributed by atoms with E-state index in [1.54, 1.807) is 67.6 Å². The Morgan fingerprint density at radius 2 is 1.52 bits per heavy atom. The van der Waals surface area contributed by atoms with E-state index in [4.69, 9.17) is 4.74 Å². The number of carbonyl (C=O) groups excluding carboxylic acids is 3. The number of aliphatic hydroxyl groups excluding tert-OH is 1. The molecule has 0 fully saturated rings. The molecule has 0 aliphatic rings. The van der Waals surface area contributed by atoms with Gasteiger partial charge in [0, 0.05) is 5.56 Å². The molecule has 0 bridgehead atoms. The SMILES string of the molecule is CCOC(=O)C[C@H](C)[C@H](NC(=O)[C@H](O)[C@@H](NC(=O)c1ccccc1)c1ccccc1)C(=O)O. The van der Waals surface area contributed by atoms with E-state index >= 15 is 0 Å². The number of esters is 1. The van der Waals surface area contributed by atoms with Crippen LogP contribution >= 0.6 is 0 Å². The second-order valence-electron chi connectivity index (χ2n) is 7.48. The minimum atomic E-state index is -1.79. The summed E-state index contributed by atoms with van der Waals surface area (Å²) in [5.74, 6) is -4.27. The molecule has 0 heterocycles. The van der Waals surface area contributed by atoms with Crippen LogP contribution in [-0.2, 0) is 19.1 Å². The van der Waals surface area contributed by atoms with Crippen molar-refractivity contribution in [1.82, 2.24) is 10.6 Å². The zero-order valence-electron chi connectivity index (χ0n) is 18.4. The second-order valence-corrected chi connectivity index (χ2v) is 7.48. The van der Waals surface area contributed by atoms with Crippen LogP contribution in [0.15, 0.2) is 60.7 Å². The van der Waals surface area contributed by atoms with Crippen molar-refractivity contribution in [2.75, 3.05) is 6.61 Å². The molecule has 9 heteroatoms. The molecule has 9 nitrogen and oxygen atoms in total. The van der Waals surface area contributed by atoms with Gasteiger partial charge in [0.25, 0.3) is 11.8 Å². The monoisotopic (exact) mass is 456 g/mol. The van der Waals surface area contributed by atoms with E-state index in [0.29, 0.717) is 11.1 Å². The zero-order chi connectivity index (χ0) is 24.4. The van der Waals surface area contributed by atoms with E-state index in [1.165, 1.54) is 6.92 Å². The number of nitrogens with one attached hydrogen (secondary N) is 2. The van der Waals surface area contributed by atoms with Crippen molar-refractivity contribution < 1.29 is 34.1 Å². The van der Waals surface area contributed by atoms with Crippen LogP contribution in [0.1, 0.15) is 42.2 Å². The summed E-state index contributed by atoms with van der Waals surface area (Å²) in [6.07, 6.45) is -2.02. The lowest BCUT2D eigenvalue weighted by Crippen LogP contribution is -2.52. The average molecular weight is 456 g/mol. The summed E-state index contributed by atoms with van der Waals surface area (Å²) < 4.78 is 4.84. The van der Waals surface area contributed by atoms with Crippen molar-refractivity contribution >= 4 is 23.8 Å². The molecular formula is C24H28N2O7. The molecule has 4 atom stereocenters. The first-order valence-electron chi connectivity index (χ1n) is 10.5. The minimum absolute atomic E-state index is 0.147. The van der Waals surface area contributed by atoms with Crippen molar-refractivity contribution in [1.29, 1.82) is 0 Å². The fourth-order valence-corrected chi connectivity index (χ4v) is 3.26. The molecule has 0 unspecified atom stereocenters. The van der Waals surface area contributed by atoms with E-state index in [1.807, 2.05) is 0 Å². The summed E-state index contributed by atoms with van der Waals surface area (Å²) in [7, 11) is 0. The predicted molar refractivity (Wildman–Crippen MR) is 119 cm³/mol. The summed E-state index contributed by atoms with van der Waals surface area (Å²) in [4.78, 5) is 48.9. The van der Waals surface area contributed by atoms with Gasteiger partial charge in [0.1, 0.15) is 6.04 Å². The lowest BCUT2D eigenvalue weighted by atomic mass is 9.96. The highest BCUT2D eigenvalue weighted by molar-refractivity contribution is 5.95. The lowest BCUT2D eigenvalue weighted by Gasteiger charge is -2.27. The van der Waals surface area contributed by atoms with E-state index in [-0.39, 0.29) is 13.0 Å². The quantitative estimate of drug-likeness (QED) is 0.377. The van der Waals surface area contributed by atoms with Gasteiger partial charge in [-0.25, -0.2) is 4.79 Å². The Morgan fingerprint density at radius 1 is 0.939 bits per heavy atom. The van der Waals surface area contributed by atoms with Crippen molar-refractivity contribution in [2.45, 2.75) is 38.5 Å². The summed E-state index contributed by atoms with van der Waals surface area (Å²) in [6.45, 7) is 3.26.